The summed E-state index contributed by atoms with van der Waals surface area (Å²) in [5.41, 5.74) is 5.97. The number of carbonyl (C=O) groups excluding carboxylic acids is 1. The standard InChI is InChI=1S/C14H22FN3O2/c1-10(9-20-3)18(2)7-6-14(19)17-11-4-5-12(15)13(16)8-11/h4-5,8,10H,6-7,9,16H2,1-3H3,(H,17,19). The van der Waals surface area contributed by atoms with Crippen LogP contribution in [0.25, 0.3) is 0 Å². The van der Waals surface area contributed by atoms with E-state index in [2.05, 4.69) is 5.32 Å². The van der Waals surface area contributed by atoms with Crippen molar-refractivity contribution in [2.75, 3.05) is 38.4 Å². The molecule has 1 atom stereocenters. The SMILES string of the molecule is COCC(C)N(C)CCC(=O)Nc1ccc(F)c(N)c1. The molecule has 0 saturated carbocycles. The third-order valence-electron chi connectivity index (χ3n) is 3.13. The second-order valence-corrected chi connectivity index (χ2v) is 4.82. The van der Waals surface area contributed by atoms with Gasteiger partial charge in [0, 0.05) is 31.8 Å². The fourth-order valence-corrected chi connectivity index (χ4v) is 1.71. The lowest BCUT2D eigenvalue weighted by molar-refractivity contribution is -0.116. The Morgan fingerprint density at radius 2 is 2.25 bits per heavy atom. The molecule has 0 heterocycles. The molecule has 20 heavy (non-hydrogen) atoms. The van der Waals surface area contributed by atoms with E-state index in [1.165, 1.54) is 18.2 Å². The first kappa shape index (κ1) is 16.4. The molecule has 0 aliphatic carbocycles. The zero-order chi connectivity index (χ0) is 15.1. The van der Waals surface area contributed by atoms with Gasteiger partial charge in [0.25, 0.3) is 0 Å². The van der Waals surface area contributed by atoms with E-state index >= 15 is 0 Å². The second kappa shape index (κ2) is 7.81. The van der Waals surface area contributed by atoms with Crippen LogP contribution in [-0.4, -0.2) is 44.2 Å². The van der Waals surface area contributed by atoms with Crippen molar-refractivity contribution in [3.05, 3.63) is 24.0 Å². The van der Waals surface area contributed by atoms with Crippen LogP contribution < -0.4 is 11.1 Å². The van der Waals surface area contributed by atoms with Crippen LogP contribution in [0.15, 0.2) is 18.2 Å². The van der Waals surface area contributed by atoms with E-state index < -0.39 is 5.82 Å². The summed E-state index contributed by atoms with van der Waals surface area (Å²) in [4.78, 5) is 13.8. The summed E-state index contributed by atoms with van der Waals surface area (Å²) in [6.45, 7) is 3.27. The predicted octanol–water partition coefficient (Wildman–Crippen LogP) is 1.70. The number of nitrogens with zero attached hydrogens (tertiary/aromatic N) is 1. The van der Waals surface area contributed by atoms with Crippen molar-refractivity contribution in [1.29, 1.82) is 0 Å². The highest BCUT2D eigenvalue weighted by atomic mass is 19.1. The van der Waals surface area contributed by atoms with Crippen molar-refractivity contribution >= 4 is 17.3 Å². The van der Waals surface area contributed by atoms with Gasteiger partial charge in [-0.3, -0.25) is 4.79 Å². The number of hydrogen-bond donors (Lipinski definition) is 2. The Morgan fingerprint density at radius 3 is 2.85 bits per heavy atom. The van der Waals surface area contributed by atoms with Crippen LogP contribution in [0.4, 0.5) is 15.8 Å². The minimum atomic E-state index is -0.490. The summed E-state index contributed by atoms with van der Waals surface area (Å²) in [6, 6.07) is 4.37. The molecule has 0 aliphatic rings. The number of hydrogen-bond acceptors (Lipinski definition) is 4. The van der Waals surface area contributed by atoms with Gasteiger partial charge in [-0.05, 0) is 32.2 Å². The van der Waals surface area contributed by atoms with E-state index in [4.69, 9.17) is 10.5 Å². The number of ether oxygens (including phenoxy) is 1. The van der Waals surface area contributed by atoms with Crippen molar-refractivity contribution in [3.8, 4) is 0 Å². The maximum Gasteiger partial charge on any atom is 0.225 e. The van der Waals surface area contributed by atoms with Crippen LogP contribution in [0, 0.1) is 5.82 Å². The quantitative estimate of drug-likeness (QED) is 0.747. The topological polar surface area (TPSA) is 67.6 Å². The summed E-state index contributed by atoms with van der Waals surface area (Å²) < 4.78 is 18.1. The number of benzene rings is 1. The number of amides is 1. The summed E-state index contributed by atoms with van der Waals surface area (Å²) in [6.07, 6.45) is 0.349. The Hall–Kier alpha value is -1.66. The first-order chi connectivity index (χ1) is 9.43. The van der Waals surface area contributed by atoms with E-state index in [0.717, 1.165) is 0 Å². The average molecular weight is 283 g/mol. The molecule has 0 aliphatic heterocycles. The number of nitrogen functional groups attached to an aromatic ring is 1. The Kier molecular flexibility index (Phi) is 6.41. The Bertz CT molecular complexity index is 454. The van der Waals surface area contributed by atoms with Crippen molar-refractivity contribution in [3.63, 3.8) is 0 Å². The molecule has 0 saturated heterocycles. The number of methoxy groups -OCH3 is 1. The minimum Gasteiger partial charge on any atom is -0.396 e. The highest BCUT2D eigenvalue weighted by Crippen LogP contribution is 2.16. The monoisotopic (exact) mass is 283 g/mol. The molecule has 5 nitrogen and oxygen atoms in total. The predicted molar refractivity (Wildman–Crippen MR) is 78.0 cm³/mol. The maximum atomic E-state index is 13.0. The highest BCUT2D eigenvalue weighted by Gasteiger charge is 2.11. The largest absolute Gasteiger partial charge is 0.396 e. The van der Waals surface area contributed by atoms with Crippen LogP contribution in [0.3, 0.4) is 0 Å². The molecular weight excluding hydrogens is 261 g/mol. The van der Waals surface area contributed by atoms with Gasteiger partial charge in [-0.15, -0.1) is 0 Å². The Balaban J connectivity index is 2.41. The zero-order valence-electron chi connectivity index (χ0n) is 12.1. The molecule has 6 heteroatoms. The first-order valence-corrected chi connectivity index (χ1v) is 6.48. The lowest BCUT2D eigenvalue weighted by Crippen LogP contribution is -2.35. The van der Waals surface area contributed by atoms with Gasteiger partial charge in [0.2, 0.25) is 5.91 Å². The van der Waals surface area contributed by atoms with Crippen LogP contribution in [0.5, 0.6) is 0 Å². The number of anilines is 2. The third-order valence-corrected chi connectivity index (χ3v) is 3.13. The van der Waals surface area contributed by atoms with Crippen molar-refractivity contribution in [2.45, 2.75) is 19.4 Å². The molecule has 0 bridgehead atoms. The van der Waals surface area contributed by atoms with E-state index in [9.17, 15) is 9.18 Å². The summed E-state index contributed by atoms with van der Waals surface area (Å²) in [5.74, 6) is -0.622. The maximum absolute atomic E-state index is 13.0. The third kappa shape index (κ3) is 5.14. The average Bonchev–Trinajstić information content (AvgIpc) is 2.40. The van der Waals surface area contributed by atoms with Crippen LogP contribution in [0.2, 0.25) is 0 Å². The van der Waals surface area contributed by atoms with Crippen molar-refractivity contribution in [2.24, 2.45) is 0 Å². The summed E-state index contributed by atoms with van der Waals surface area (Å²) in [5, 5.41) is 2.69. The molecule has 0 spiro atoms. The van der Waals surface area contributed by atoms with Crippen LogP contribution >= 0.6 is 0 Å². The summed E-state index contributed by atoms with van der Waals surface area (Å²) in [7, 11) is 3.59. The number of nitrogens with two attached hydrogens (primary N) is 1. The van der Waals surface area contributed by atoms with Crippen molar-refractivity contribution in [1.82, 2.24) is 4.90 Å². The minimum absolute atomic E-state index is 0.0219. The fraction of sp³-hybridized carbons (Fsp3) is 0.500. The van der Waals surface area contributed by atoms with Gasteiger partial charge in [0.05, 0.1) is 12.3 Å². The molecule has 0 fully saturated rings. The molecule has 0 aromatic heterocycles. The normalized spacial score (nSPS) is 12.4. The number of carbonyl (C=O) groups is 1. The molecule has 1 aromatic rings. The number of likely N-dealkylation sites (N-methyl/N-ethyl adjacent to an activating group) is 1. The number of rotatable bonds is 7. The molecule has 112 valence electrons. The van der Waals surface area contributed by atoms with E-state index in [-0.39, 0.29) is 17.6 Å². The van der Waals surface area contributed by atoms with Gasteiger partial charge in [-0.25, -0.2) is 4.39 Å². The van der Waals surface area contributed by atoms with E-state index in [0.29, 0.717) is 25.3 Å². The summed E-state index contributed by atoms with van der Waals surface area (Å²) >= 11 is 0. The van der Waals surface area contributed by atoms with Gasteiger partial charge in [-0.2, -0.15) is 0 Å². The van der Waals surface area contributed by atoms with E-state index in [1.54, 1.807) is 7.11 Å². The smallest absolute Gasteiger partial charge is 0.225 e. The molecule has 1 amide bonds. The van der Waals surface area contributed by atoms with Gasteiger partial charge >= 0.3 is 0 Å². The molecule has 0 radical (unpaired) electrons. The lowest BCUT2D eigenvalue weighted by Gasteiger charge is -2.23. The van der Waals surface area contributed by atoms with Crippen molar-refractivity contribution < 1.29 is 13.9 Å². The number of nitrogens with one attached hydrogen (secondary N) is 1. The Labute approximate surface area is 118 Å². The second-order valence-electron chi connectivity index (χ2n) is 4.82. The number of halogens is 1. The molecule has 3 N–H and O–H groups in total. The molecule has 1 rings (SSSR count). The van der Waals surface area contributed by atoms with Gasteiger partial charge in [-0.1, -0.05) is 0 Å². The highest BCUT2D eigenvalue weighted by molar-refractivity contribution is 5.91. The molecular formula is C14H22FN3O2. The molecule has 1 aromatic carbocycles. The lowest BCUT2D eigenvalue weighted by atomic mass is 10.2. The van der Waals surface area contributed by atoms with Gasteiger partial charge in [0.1, 0.15) is 5.82 Å². The molecule has 1 unspecified atom stereocenters. The first-order valence-electron chi connectivity index (χ1n) is 6.48. The van der Waals surface area contributed by atoms with E-state index in [1.807, 2.05) is 18.9 Å². The van der Waals surface area contributed by atoms with Gasteiger partial charge in [0.15, 0.2) is 0 Å². The van der Waals surface area contributed by atoms with Crippen LogP contribution in [-0.2, 0) is 9.53 Å². The fourth-order valence-electron chi connectivity index (χ4n) is 1.71. The van der Waals surface area contributed by atoms with Gasteiger partial charge < -0.3 is 20.7 Å². The van der Waals surface area contributed by atoms with Crippen LogP contribution in [0.1, 0.15) is 13.3 Å². The zero-order valence-corrected chi connectivity index (χ0v) is 12.1. The Morgan fingerprint density at radius 1 is 1.55 bits per heavy atom.